The summed E-state index contributed by atoms with van der Waals surface area (Å²) in [5, 5.41) is 13.9. The fourth-order valence-electron chi connectivity index (χ4n) is 4.45. The minimum atomic E-state index is -0.371. The molecule has 1 atom stereocenters. The van der Waals surface area contributed by atoms with Crippen molar-refractivity contribution in [3.8, 4) is 11.8 Å². The van der Waals surface area contributed by atoms with Crippen molar-refractivity contribution in [2.24, 2.45) is 5.41 Å². The molecule has 0 saturated heterocycles. The number of allylic oxidation sites excluding steroid dienone is 4. The van der Waals surface area contributed by atoms with Gasteiger partial charge in [0.15, 0.2) is 5.78 Å². The van der Waals surface area contributed by atoms with Crippen LogP contribution in [0.4, 0.5) is 0 Å². The summed E-state index contributed by atoms with van der Waals surface area (Å²) in [7, 11) is 0. The van der Waals surface area contributed by atoms with Crippen molar-refractivity contribution in [2.45, 2.75) is 46.1 Å². The number of ether oxygens (including phenoxy) is 1. The molecule has 0 fully saturated rings. The number of carbonyl (C=O) groups is 1. The van der Waals surface area contributed by atoms with E-state index in [-0.39, 0.29) is 17.1 Å². The number of rotatable bonds is 4. The van der Waals surface area contributed by atoms with Gasteiger partial charge in [0.05, 0.1) is 17.6 Å². The van der Waals surface area contributed by atoms with Gasteiger partial charge in [-0.25, -0.2) is 0 Å². The van der Waals surface area contributed by atoms with Gasteiger partial charge in [0.25, 0.3) is 0 Å². The first-order valence-corrected chi connectivity index (χ1v) is 10.8. The molecule has 1 aliphatic carbocycles. The molecule has 0 saturated carbocycles. The zero-order valence-electron chi connectivity index (χ0n) is 18.0. The van der Waals surface area contributed by atoms with Gasteiger partial charge in [-0.3, -0.25) is 4.79 Å². The van der Waals surface area contributed by atoms with Crippen LogP contribution in [0.1, 0.15) is 50.7 Å². The zero-order valence-corrected chi connectivity index (χ0v) is 18.7. The average Bonchev–Trinajstić information content (AvgIpc) is 2.71. The van der Waals surface area contributed by atoms with Gasteiger partial charge in [-0.15, -0.1) is 0 Å². The third kappa shape index (κ3) is 4.38. The second-order valence-electron chi connectivity index (χ2n) is 9.03. The van der Waals surface area contributed by atoms with Crippen molar-refractivity contribution in [2.75, 3.05) is 0 Å². The first-order valence-electron chi connectivity index (χ1n) is 10.4. The largest absolute Gasteiger partial charge is 0.489 e. The molecule has 2 aromatic carbocycles. The number of hydrogen-bond donors (Lipinski definition) is 1. The monoisotopic (exact) mass is 432 g/mol. The third-order valence-corrected chi connectivity index (χ3v) is 6.12. The molecule has 0 bridgehead atoms. The Balaban J connectivity index is 1.67. The lowest BCUT2D eigenvalue weighted by Gasteiger charge is -2.38. The van der Waals surface area contributed by atoms with Gasteiger partial charge in [-0.1, -0.05) is 49.7 Å². The van der Waals surface area contributed by atoms with Crippen LogP contribution in [0.2, 0.25) is 5.02 Å². The molecule has 0 radical (unpaired) electrons. The van der Waals surface area contributed by atoms with E-state index in [1.54, 1.807) is 0 Å². The van der Waals surface area contributed by atoms with E-state index < -0.39 is 0 Å². The van der Waals surface area contributed by atoms with Gasteiger partial charge in [-0.05, 0) is 54.2 Å². The highest BCUT2D eigenvalue weighted by Crippen LogP contribution is 2.46. The molecule has 158 valence electrons. The summed E-state index contributed by atoms with van der Waals surface area (Å²) in [6.07, 6.45) is 1.27. The molecule has 2 aliphatic rings. The molecule has 0 aromatic heterocycles. The second kappa shape index (κ2) is 8.24. The molecular weight excluding hydrogens is 408 g/mol. The van der Waals surface area contributed by atoms with E-state index in [4.69, 9.17) is 16.3 Å². The zero-order chi connectivity index (χ0) is 22.2. The maximum absolute atomic E-state index is 13.1. The van der Waals surface area contributed by atoms with Crippen LogP contribution in [0.5, 0.6) is 5.75 Å². The van der Waals surface area contributed by atoms with E-state index in [0.29, 0.717) is 29.4 Å². The average molecular weight is 433 g/mol. The number of nitrogens with one attached hydrogen (secondary N) is 1. The molecule has 1 N–H and O–H groups in total. The van der Waals surface area contributed by atoms with Crippen molar-refractivity contribution in [3.05, 3.63) is 87.2 Å². The smallest absolute Gasteiger partial charge is 0.162 e. The van der Waals surface area contributed by atoms with E-state index in [0.717, 1.165) is 34.5 Å². The molecule has 0 spiro atoms. The van der Waals surface area contributed by atoms with Crippen molar-refractivity contribution in [1.82, 2.24) is 5.32 Å². The molecule has 0 unspecified atom stereocenters. The van der Waals surface area contributed by atoms with Crippen LogP contribution in [0.3, 0.4) is 0 Å². The number of Topliss-reactive ketones (excluding diaryl/α,β-unsaturated/α-hetero) is 1. The Hall–Kier alpha value is -3.03. The number of ketones is 1. The van der Waals surface area contributed by atoms with Crippen molar-refractivity contribution >= 4 is 17.4 Å². The van der Waals surface area contributed by atoms with Crippen LogP contribution in [0.25, 0.3) is 0 Å². The molecule has 4 nitrogen and oxygen atoms in total. The Bertz CT molecular complexity index is 1140. The van der Waals surface area contributed by atoms with E-state index in [1.807, 2.05) is 55.5 Å². The highest BCUT2D eigenvalue weighted by Gasteiger charge is 2.41. The highest BCUT2D eigenvalue weighted by molar-refractivity contribution is 6.30. The quantitative estimate of drug-likeness (QED) is 0.639. The Kier molecular flexibility index (Phi) is 5.64. The van der Waals surface area contributed by atoms with Gasteiger partial charge >= 0.3 is 0 Å². The molecule has 1 aliphatic heterocycles. The first-order chi connectivity index (χ1) is 14.8. The predicted octanol–water partition coefficient (Wildman–Crippen LogP) is 6.05. The molecule has 0 amide bonds. The minimum Gasteiger partial charge on any atom is -0.489 e. The topological polar surface area (TPSA) is 62.1 Å². The van der Waals surface area contributed by atoms with Crippen molar-refractivity contribution in [1.29, 1.82) is 5.26 Å². The van der Waals surface area contributed by atoms with Gasteiger partial charge in [0.1, 0.15) is 12.4 Å². The third-order valence-electron chi connectivity index (χ3n) is 5.87. The van der Waals surface area contributed by atoms with Crippen molar-refractivity contribution < 1.29 is 9.53 Å². The number of carbonyl (C=O) groups excluding carboxylic acids is 1. The molecule has 5 heteroatoms. The van der Waals surface area contributed by atoms with E-state index >= 15 is 0 Å². The Morgan fingerprint density at radius 1 is 1.19 bits per heavy atom. The number of nitriles is 1. The van der Waals surface area contributed by atoms with Gasteiger partial charge in [0, 0.05) is 28.4 Å². The minimum absolute atomic E-state index is 0.0958. The molecular formula is C26H25ClN2O2. The molecule has 1 heterocycles. The van der Waals surface area contributed by atoms with E-state index in [9.17, 15) is 10.1 Å². The maximum Gasteiger partial charge on any atom is 0.162 e. The van der Waals surface area contributed by atoms with E-state index in [2.05, 4.69) is 25.2 Å². The lowest BCUT2D eigenvalue weighted by atomic mass is 9.69. The number of benzene rings is 2. The van der Waals surface area contributed by atoms with Crippen LogP contribution < -0.4 is 10.1 Å². The standard InChI is InChI=1S/C26H25ClN2O2/c1-16-21(14-28)24(25-22(29-16)12-26(2,3)13-23(25)30)18-5-4-6-20(11-18)31-15-17-7-9-19(27)10-8-17/h4-11,24,29H,12-13,15H2,1-3H3/t24-/m1/s1. The summed E-state index contributed by atoms with van der Waals surface area (Å²) in [5.74, 6) is 0.437. The molecule has 31 heavy (non-hydrogen) atoms. The summed E-state index contributed by atoms with van der Waals surface area (Å²) < 4.78 is 6.00. The maximum atomic E-state index is 13.1. The lowest BCUT2D eigenvalue weighted by molar-refractivity contribution is -0.118. The summed E-state index contributed by atoms with van der Waals surface area (Å²) in [6, 6.07) is 17.6. The first kappa shape index (κ1) is 21.2. The van der Waals surface area contributed by atoms with Gasteiger partial charge < -0.3 is 10.1 Å². The number of hydrogen-bond acceptors (Lipinski definition) is 4. The normalized spacial score (nSPS) is 20.1. The van der Waals surface area contributed by atoms with E-state index in [1.165, 1.54) is 0 Å². The Labute approximate surface area is 188 Å². The lowest BCUT2D eigenvalue weighted by Crippen LogP contribution is -2.36. The number of dihydropyridines is 1. The summed E-state index contributed by atoms with van der Waals surface area (Å²) >= 11 is 5.95. The molecule has 2 aromatic rings. The SMILES string of the molecule is CC1=C(C#N)[C@@H](c2cccc(OCc3ccc(Cl)cc3)c2)C2=C(CC(C)(C)CC2=O)N1. The molecule has 4 rings (SSSR count). The van der Waals surface area contributed by atoms with Crippen molar-refractivity contribution in [3.63, 3.8) is 0 Å². The van der Waals surface area contributed by atoms with Gasteiger partial charge in [-0.2, -0.15) is 5.26 Å². The Morgan fingerprint density at radius 2 is 1.94 bits per heavy atom. The van der Waals surface area contributed by atoms with Crippen LogP contribution in [0.15, 0.2) is 71.1 Å². The summed E-state index contributed by atoms with van der Waals surface area (Å²) in [4.78, 5) is 13.1. The Morgan fingerprint density at radius 3 is 2.65 bits per heavy atom. The highest BCUT2D eigenvalue weighted by atomic mass is 35.5. The van der Waals surface area contributed by atoms with Crippen LogP contribution in [0, 0.1) is 16.7 Å². The summed E-state index contributed by atoms with van der Waals surface area (Å²) in [6.45, 7) is 6.53. The second-order valence-corrected chi connectivity index (χ2v) is 9.47. The van der Waals surface area contributed by atoms with Crippen LogP contribution in [-0.4, -0.2) is 5.78 Å². The van der Waals surface area contributed by atoms with Gasteiger partial charge in [0.2, 0.25) is 0 Å². The predicted molar refractivity (Wildman–Crippen MR) is 121 cm³/mol. The fraction of sp³-hybridized carbons (Fsp3) is 0.308. The van der Waals surface area contributed by atoms with Crippen LogP contribution in [-0.2, 0) is 11.4 Å². The fourth-order valence-corrected chi connectivity index (χ4v) is 4.57. The summed E-state index contributed by atoms with van der Waals surface area (Å²) in [5.41, 5.74) is 4.87. The number of halogens is 1. The number of nitrogens with zero attached hydrogens (tertiary/aromatic N) is 1. The van der Waals surface area contributed by atoms with Crippen LogP contribution >= 0.6 is 11.6 Å².